The Morgan fingerprint density at radius 2 is 2.21 bits per heavy atom. The molecule has 2 rings (SSSR count). The Kier molecular flexibility index (Phi) is 2.85. The van der Waals surface area contributed by atoms with Crippen LogP contribution < -0.4 is 0 Å². The number of aliphatic hydroxyl groups is 1. The molecule has 0 aliphatic rings. The smallest absolute Gasteiger partial charge is 0.145 e. The molecule has 0 aliphatic heterocycles. The third kappa shape index (κ3) is 1.58. The third-order valence-electron chi connectivity index (χ3n) is 2.06. The molecule has 1 heterocycles. The Balaban J connectivity index is 2.68. The minimum atomic E-state index is -0.169. The number of hydrogen-bond donors (Lipinski definition) is 1. The first-order chi connectivity index (χ1) is 6.76. The second-order valence-corrected chi connectivity index (χ2v) is 4.66. The second kappa shape index (κ2) is 3.96. The lowest BCUT2D eigenvalue weighted by atomic mass is 10.1. The maximum absolute atomic E-state index is 13.6. The molecule has 74 valence electrons. The summed E-state index contributed by atoms with van der Waals surface area (Å²) in [5.74, 6) is -0.169. The number of benzene rings is 1. The molecule has 0 fully saturated rings. The van der Waals surface area contributed by atoms with E-state index >= 15 is 0 Å². The van der Waals surface area contributed by atoms with Crippen LogP contribution in [-0.4, -0.2) is 5.11 Å². The predicted octanol–water partition coefficient (Wildman–Crippen LogP) is 3.43. The van der Waals surface area contributed by atoms with Crippen molar-refractivity contribution in [2.24, 2.45) is 0 Å². The van der Waals surface area contributed by atoms with E-state index in [0.717, 1.165) is 10.3 Å². The molecule has 4 heteroatoms. The van der Waals surface area contributed by atoms with Crippen molar-refractivity contribution in [1.29, 1.82) is 0 Å². The van der Waals surface area contributed by atoms with Gasteiger partial charge in [0.25, 0.3) is 0 Å². The van der Waals surface area contributed by atoms with Gasteiger partial charge in [0.1, 0.15) is 5.82 Å². The van der Waals surface area contributed by atoms with Crippen molar-refractivity contribution in [3.8, 4) is 0 Å². The first-order valence-corrected chi connectivity index (χ1v) is 6.06. The van der Waals surface area contributed by atoms with Crippen LogP contribution in [0.2, 0.25) is 0 Å². The van der Waals surface area contributed by atoms with Gasteiger partial charge in [0.05, 0.1) is 11.5 Å². The highest BCUT2D eigenvalue weighted by atomic mass is 79.9. The summed E-state index contributed by atoms with van der Waals surface area (Å²) < 4.78 is 14.6. The highest BCUT2D eigenvalue weighted by molar-refractivity contribution is 9.08. The molecule has 14 heavy (non-hydrogen) atoms. The number of rotatable bonds is 2. The summed E-state index contributed by atoms with van der Waals surface area (Å²) in [5, 5.41) is 10.1. The van der Waals surface area contributed by atoms with Gasteiger partial charge in [-0.2, -0.15) is 0 Å². The van der Waals surface area contributed by atoms with Gasteiger partial charge in [-0.25, -0.2) is 4.39 Å². The van der Waals surface area contributed by atoms with Gasteiger partial charge in [0.2, 0.25) is 0 Å². The van der Waals surface area contributed by atoms with Crippen LogP contribution in [0.4, 0.5) is 4.39 Å². The number of alkyl halides is 1. The Hall–Kier alpha value is -0.450. The van der Waals surface area contributed by atoms with Gasteiger partial charge < -0.3 is 5.11 Å². The molecular weight excluding hydrogens is 267 g/mol. The van der Waals surface area contributed by atoms with Gasteiger partial charge in [-0.3, -0.25) is 0 Å². The first kappa shape index (κ1) is 10.1. The van der Waals surface area contributed by atoms with Crippen molar-refractivity contribution in [3.05, 3.63) is 34.5 Å². The van der Waals surface area contributed by atoms with E-state index < -0.39 is 0 Å². The fraction of sp³-hybridized carbons (Fsp3) is 0.200. The molecular formula is C10H8BrFOS. The number of fused-ring (bicyclic) bond motifs is 1. The van der Waals surface area contributed by atoms with Crippen LogP contribution in [0.1, 0.15) is 10.4 Å². The second-order valence-electron chi connectivity index (χ2n) is 2.96. The maximum Gasteiger partial charge on any atom is 0.145 e. The summed E-state index contributed by atoms with van der Waals surface area (Å²) in [5.41, 5.74) is 0.746. The number of aliphatic hydroxyl groups excluding tert-OH is 1. The molecule has 0 amide bonds. The van der Waals surface area contributed by atoms with Gasteiger partial charge in [-0.15, -0.1) is 11.3 Å². The normalized spacial score (nSPS) is 11.1. The molecule has 2 aromatic rings. The topological polar surface area (TPSA) is 20.2 Å². The largest absolute Gasteiger partial charge is 0.392 e. The number of thiophene rings is 1. The van der Waals surface area contributed by atoms with Crippen molar-refractivity contribution < 1.29 is 9.50 Å². The number of hydrogen-bond acceptors (Lipinski definition) is 2. The molecule has 0 bridgehead atoms. The van der Waals surface area contributed by atoms with E-state index in [4.69, 9.17) is 5.11 Å². The molecule has 0 saturated carbocycles. The summed E-state index contributed by atoms with van der Waals surface area (Å²) in [6.07, 6.45) is 0. The lowest BCUT2D eigenvalue weighted by molar-refractivity contribution is 0.282. The monoisotopic (exact) mass is 274 g/mol. The SMILES string of the molecule is OCc1ccc2sc(CBr)c(F)c2c1. The maximum atomic E-state index is 13.6. The van der Waals surface area contributed by atoms with Crippen LogP contribution in [0.3, 0.4) is 0 Å². The van der Waals surface area contributed by atoms with Gasteiger partial charge in [0.15, 0.2) is 0 Å². The molecule has 0 radical (unpaired) electrons. The summed E-state index contributed by atoms with van der Waals surface area (Å²) in [7, 11) is 0. The number of halogens is 2. The predicted molar refractivity (Wildman–Crippen MR) is 60.3 cm³/mol. The molecule has 0 saturated heterocycles. The van der Waals surface area contributed by atoms with Crippen LogP contribution in [0.5, 0.6) is 0 Å². The van der Waals surface area contributed by atoms with Crippen LogP contribution in [0.15, 0.2) is 18.2 Å². The van der Waals surface area contributed by atoms with E-state index in [1.165, 1.54) is 11.3 Å². The van der Waals surface area contributed by atoms with Gasteiger partial charge in [0, 0.05) is 15.4 Å². The minimum Gasteiger partial charge on any atom is -0.392 e. The van der Waals surface area contributed by atoms with Crippen molar-refractivity contribution in [3.63, 3.8) is 0 Å². The van der Waals surface area contributed by atoms with Crippen LogP contribution >= 0.6 is 27.3 Å². The van der Waals surface area contributed by atoms with Crippen molar-refractivity contribution >= 4 is 37.4 Å². The summed E-state index contributed by atoms with van der Waals surface area (Å²) in [6.45, 7) is -0.0468. The average molecular weight is 275 g/mol. The van der Waals surface area contributed by atoms with E-state index in [-0.39, 0.29) is 12.4 Å². The van der Waals surface area contributed by atoms with E-state index in [0.29, 0.717) is 15.6 Å². The minimum absolute atomic E-state index is 0.0468. The lowest BCUT2D eigenvalue weighted by Gasteiger charge is -1.95. The van der Waals surface area contributed by atoms with Crippen LogP contribution in [-0.2, 0) is 11.9 Å². The Morgan fingerprint density at radius 1 is 1.43 bits per heavy atom. The van der Waals surface area contributed by atoms with Gasteiger partial charge in [-0.1, -0.05) is 22.0 Å². The van der Waals surface area contributed by atoms with Crippen molar-refractivity contribution in [1.82, 2.24) is 0 Å². The van der Waals surface area contributed by atoms with Crippen LogP contribution in [0.25, 0.3) is 10.1 Å². The zero-order chi connectivity index (χ0) is 10.1. The van der Waals surface area contributed by atoms with Crippen LogP contribution in [0, 0.1) is 5.82 Å². The van der Waals surface area contributed by atoms with Crippen molar-refractivity contribution in [2.45, 2.75) is 11.9 Å². The summed E-state index contributed by atoms with van der Waals surface area (Å²) in [6, 6.07) is 5.37. The standard InChI is InChI=1S/C10H8BrFOS/c11-4-9-10(12)7-3-6(5-13)1-2-8(7)14-9/h1-3,13H,4-5H2. The molecule has 1 aromatic carbocycles. The van der Waals surface area contributed by atoms with E-state index in [1.807, 2.05) is 12.1 Å². The quantitative estimate of drug-likeness (QED) is 0.832. The zero-order valence-corrected chi connectivity index (χ0v) is 9.66. The highest BCUT2D eigenvalue weighted by Crippen LogP contribution is 2.31. The molecule has 1 nitrogen and oxygen atoms in total. The molecule has 1 N–H and O–H groups in total. The molecule has 1 aromatic heterocycles. The molecule has 0 atom stereocenters. The highest BCUT2D eigenvalue weighted by Gasteiger charge is 2.10. The van der Waals surface area contributed by atoms with E-state index in [1.54, 1.807) is 6.07 Å². The Bertz CT molecular complexity index is 466. The third-order valence-corrected chi connectivity index (χ3v) is 4.14. The zero-order valence-electron chi connectivity index (χ0n) is 7.26. The Labute approximate surface area is 93.3 Å². The Morgan fingerprint density at radius 3 is 2.86 bits per heavy atom. The molecule has 0 unspecified atom stereocenters. The first-order valence-electron chi connectivity index (χ1n) is 4.13. The van der Waals surface area contributed by atoms with Gasteiger partial charge >= 0.3 is 0 Å². The summed E-state index contributed by atoms with van der Waals surface area (Å²) >= 11 is 4.68. The summed E-state index contributed by atoms with van der Waals surface area (Å²) in [4.78, 5) is 0.704. The average Bonchev–Trinajstić information content (AvgIpc) is 2.55. The molecule has 0 aliphatic carbocycles. The fourth-order valence-corrected chi connectivity index (χ4v) is 2.85. The van der Waals surface area contributed by atoms with Crippen molar-refractivity contribution in [2.75, 3.05) is 0 Å². The van der Waals surface area contributed by atoms with E-state index in [9.17, 15) is 4.39 Å². The lowest BCUT2D eigenvalue weighted by Crippen LogP contribution is -1.82. The fourth-order valence-electron chi connectivity index (χ4n) is 1.35. The van der Waals surface area contributed by atoms with E-state index in [2.05, 4.69) is 15.9 Å². The van der Waals surface area contributed by atoms with Gasteiger partial charge in [-0.05, 0) is 17.7 Å². The molecule has 0 spiro atoms.